The van der Waals surface area contributed by atoms with Crippen LogP contribution in [0.25, 0.3) is 10.9 Å². The van der Waals surface area contributed by atoms with E-state index in [0.29, 0.717) is 17.1 Å². The number of halogens is 3. The first-order valence-electron chi connectivity index (χ1n) is 8.89. The fourth-order valence-electron chi connectivity index (χ4n) is 2.84. The Kier molecular flexibility index (Phi) is 5.09. The first-order chi connectivity index (χ1) is 14.4. The minimum absolute atomic E-state index is 0.0260. The maximum Gasteiger partial charge on any atom is 0.421 e. The van der Waals surface area contributed by atoms with Gasteiger partial charge in [-0.15, -0.1) is 0 Å². The van der Waals surface area contributed by atoms with Crippen molar-refractivity contribution in [3.05, 3.63) is 72.6 Å². The van der Waals surface area contributed by atoms with Gasteiger partial charge < -0.3 is 15.4 Å². The maximum atomic E-state index is 13.5. The van der Waals surface area contributed by atoms with Crippen molar-refractivity contribution in [3.63, 3.8) is 0 Å². The Morgan fingerprint density at radius 2 is 1.67 bits per heavy atom. The van der Waals surface area contributed by atoms with Gasteiger partial charge in [0, 0.05) is 29.2 Å². The molecule has 0 aliphatic heterocycles. The molecule has 2 N–H and O–H groups in total. The summed E-state index contributed by atoms with van der Waals surface area (Å²) in [6.07, 6.45) is -2.21. The Morgan fingerprint density at radius 3 is 2.40 bits per heavy atom. The fourth-order valence-corrected chi connectivity index (χ4v) is 2.84. The monoisotopic (exact) mass is 411 g/mol. The number of pyridine rings is 1. The molecule has 4 rings (SSSR count). The largest absolute Gasteiger partial charge is 0.497 e. The zero-order valence-electron chi connectivity index (χ0n) is 15.7. The van der Waals surface area contributed by atoms with E-state index in [0.717, 1.165) is 17.1 Å². The molecule has 6 nitrogen and oxygen atoms in total. The minimum atomic E-state index is -4.61. The first-order valence-corrected chi connectivity index (χ1v) is 8.89. The zero-order valence-corrected chi connectivity index (χ0v) is 15.7. The van der Waals surface area contributed by atoms with Crippen molar-refractivity contribution in [1.82, 2.24) is 15.0 Å². The van der Waals surface area contributed by atoms with E-state index in [1.165, 1.54) is 0 Å². The number of alkyl halides is 3. The van der Waals surface area contributed by atoms with Crippen molar-refractivity contribution in [3.8, 4) is 5.75 Å². The third kappa shape index (κ3) is 4.24. The zero-order chi connectivity index (χ0) is 21.1. The molecule has 0 radical (unpaired) electrons. The number of nitrogens with zero attached hydrogens (tertiary/aromatic N) is 3. The molecular formula is C21H16F3N5O. The van der Waals surface area contributed by atoms with Gasteiger partial charge in [0.15, 0.2) is 0 Å². The molecule has 30 heavy (non-hydrogen) atoms. The van der Waals surface area contributed by atoms with E-state index in [1.54, 1.807) is 61.8 Å². The molecule has 9 heteroatoms. The van der Waals surface area contributed by atoms with Gasteiger partial charge in [0.05, 0.1) is 12.6 Å². The molecule has 0 aliphatic carbocycles. The van der Waals surface area contributed by atoms with Crippen LogP contribution in [-0.2, 0) is 6.18 Å². The smallest absolute Gasteiger partial charge is 0.421 e. The van der Waals surface area contributed by atoms with E-state index in [-0.39, 0.29) is 11.8 Å². The van der Waals surface area contributed by atoms with Crippen LogP contribution in [0.3, 0.4) is 0 Å². The van der Waals surface area contributed by atoms with Crippen molar-refractivity contribution in [1.29, 1.82) is 0 Å². The summed E-state index contributed by atoms with van der Waals surface area (Å²) in [5, 5.41) is 6.44. The molecule has 0 amide bonds. The van der Waals surface area contributed by atoms with Gasteiger partial charge in [0.25, 0.3) is 0 Å². The number of methoxy groups -OCH3 is 1. The number of fused-ring (bicyclic) bond motifs is 1. The maximum absolute atomic E-state index is 13.5. The van der Waals surface area contributed by atoms with E-state index >= 15 is 0 Å². The van der Waals surface area contributed by atoms with E-state index in [2.05, 4.69) is 25.6 Å². The highest BCUT2D eigenvalue weighted by atomic mass is 19.4. The molecule has 0 saturated heterocycles. The van der Waals surface area contributed by atoms with Crippen LogP contribution < -0.4 is 15.4 Å². The first kappa shape index (κ1) is 19.4. The Balaban J connectivity index is 1.66. The summed E-state index contributed by atoms with van der Waals surface area (Å²) in [7, 11) is 1.54. The Labute approximate surface area is 169 Å². The predicted octanol–water partition coefficient (Wildman–Crippen LogP) is 5.54. The summed E-state index contributed by atoms with van der Waals surface area (Å²) in [6, 6.07) is 15.5. The van der Waals surface area contributed by atoms with Gasteiger partial charge in [-0.05, 0) is 48.5 Å². The van der Waals surface area contributed by atoms with Crippen LogP contribution >= 0.6 is 0 Å². The van der Waals surface area contributed by atoms with Crippen molar-refractivity contribution >= 4 is 34.0 Å². The number of nitrogens with one attached hydrogen (secondary N) is 2. The SMILES string of the molecule is COc1ccc(Nc2ncc(C(F)(F)F)c(Nc3ccc4ncccc4c3)n2)cc1. The van der Waals surface area contributed by atoms with Gasteiger partial charge in [-0.2, -0.15) is 18.2 Å². The highest BCUT2D eigenvalue weighted by Gasteiger charge is 2.35. The van der Waals surface area contributed by atoms with E-state index in [4.69, 9.17) is 4.74 Å². The summed E-state index contributed by atoms with van der Waals surface area (Å²) in [4.78, 5) is 12.1. The number of ether oxygens (including phenoxy) is 1. The number of anilines is 4. The Bertz CT molecular complexity index is 1180. The van der Waals surface area contributed by atoms with Crippen molar-refractivity contribution < 1.29 is 17.9 Å². The van der Waals surface area contributed by atoms with Crippen LogP contribution in [0, 0.1) is 0 Å². The molecule has 2 aromatic heterocycles. The molecule has 4 aromatic rings. The normalized spacial score (nSPS) is 11.3. The van der Waals surface area contributed by atoms with Crippen LogP contribution in [-0.4, -0.2) is 22.1 Å². The molecule has 0 spiro atoms. The van der Waals surface area contributed by atoms with E-state index < -0.39 is 11.7 Å². The topological polar surface area (TPSA) is 72.0 Å². The second-order valence-electron chi connectivity index (χ2n) is 6.34. The summed E-state index contributed by atoms with van der Waals surface area (Å²) < 4.78 is 45.5. The van der Waals surface area contributed by atoms with E-state index in [9.17, 15) is 13.2 Å². The minimum Gasteiger partial charge on any atom is -0.497 e. The van der Waals surface area contributed by atoms with Crippen LogP contribution in [0.2, 0.25) is 0 Å². The molecule has 0 atom stereocenters. The Hall–Kier alpha value is -3.88. The summed E-state index contributed by atoms with van der Waals surface area (Å²) in [5.74, 6) is 0.330. The molecule has 152 valence electrons. The van der Waals surface area contributed by atoms with Gasteiger partial charge in [0.1, 0.15) is 17.1 Å². The average Bonchev–Trinajstić information content (AvgIpc) is 2.73. The van der Waals surface area contributed by atoms with E-state index in [1.807, 2.05) is 6.07 Å². The van der Waals surface area contributed by atoms with Gasteiger partial charge in [-0.3, -0.25) is 4.98 Å². The molecule has 2 heterocycles. The molecule has 0 aliphatic rings. The van der Waals surface area contributed by atoms with Gasteiger partial charge in [-0.25, -0.2) is 4.98 Å². The average molecular weight is 411 g/mol. The van der Waals surface area contributed by atoms with Gasteiger partial charge in [-0.1, -0.05) is 6.07 Å². The second-order valence-corrected chi connectivity index (χ2v) is 6.34. The van der Waals surface area contributed by atoms with Crippen LogP contribution in [0.1, 0.15) is 5.56 Å². The summed E-state index contributed by atoms with van der Waals surface area (Å²) in [5.41, 5.74) is 0.839. The number of benzene rings is 2. The summed E-state index contributed by atoms with van der Waals surface area (Å²) >= 11 is 0. The van der Waals surface area contributed by atoms with Crippen LogP contribution in [0.15, 0.2) is 67.0 Å². The number of rotatable bonds is 5. The lowest BCUT2D eigenvalue weighted by Gasteiger charge is -2.15. The van der Waals surface area contributed by atoms with Gasteiger partial charge in [0.2, 0.25) is 5.95 Å². The van der Waals surface area contributed by atoms with Crippen LogP contribution in [0.5, 0.6) is 5.75 Å². The lowest BCUT2D eigenvalue weighted by Crippen LogP contribution is -2.12. The van der Waals surface area contributed by atoms with Crippen molar-refractivity contribution in [2.75, 3.05) is 17.7 Å². The second kappa shape index (κ2) is 7.86. The van der Waals surface area contributed by atoms with Crippen molar-refractivity contribution in [2.45, 2.75) is 6.18 Å². The molecule has 0 bridgehead atoms. The molecule has 0 fully saturated rings. The number of hydrogen-bond acceptors (Lipinski definition) is 6. The molecule has 0 saturated carbocycles. The standard InChI is InChI=1S/C21H16F3N5O/c1-30-16-7-4-14(5-8-16)28-20-26-12-17(21(22,23)24)19(29-20)27-15-6-9-18-13(11-15)3-2-10-25-18/h2-12H,1H3,(H2,26,27,28,29). The third-order valence-electron chi connectivity index (χ3n) is 4.31. The lowest BCUT2D eigenvalue weighted by atomic mass is 10.2. The van der Waals surface area contributed by atoms with Gasteiger partial charge >= 0.3 is 6.18 Å². The lowest BCUT2D eigenvalue weighted by molar-refractivity contribution is -0.137. The molecule has 0 unspecified atom stereocenters. The molecular weight excluding hydrogens is 395 g/mol. The quantitative estimate of drug-likeness (QED) is 0.449. The highest BCUT2D eigenvalue weighted by molar-refractivity contribution is 5.83. The predicted molar refractivity (Wildman–Crippen MR) is 108 cm³/mol. The van der Waals surface area contributed by atoms with Crippen LogP contribution in [0.4, 0.5) is 36.3 Å². The number of aromatic nitrogens is 3. The Morgan fingerprint density at radius 1 is 0.900 bits per heavy atom. The van der Waals surface area contributed by atoms with Crippen molar-refractivity contribution in [2.24, 2.45) is 0 Å². The summed E-state index contributed by atoms with van der Waals surface area (Å²) in [6.45, 7) is 0. The molecule has 2 aromatic carbocycles. The fraction of sp³-hybridized carbons (Fsp3) is 0.0952. The highest BCUT2D eigenvalue weighted by Crippen LogP contribution is 2.35. The third-order valence-corrected chi connectivity index (χ3v) is 4.31. The number of hydrogen-bond donors (Lipinski definition) is 2.